The number of nitrogens with zero attached hydrogens (tertiary/aromatic N) is 1. The van der Waals surface area contributed by atoms with Gasteiger partial charge in [0.15, 0.2) is 0 Å². The molecule has 0 bridgehead atoms. The van der Waals surface area contributed by atoms with Crippen LogP contribution in [0.4, 0.5) is 0 Å². The second kappa shape index (κ2) is 8.74. The van der Waals surface area contributed by atoms with Gasteiger partial charge in [-0.15, -0.1) is 0 Å². The Kier molecular flexibility index (Phi) is 4.82. The van der Waals surface area contributed by atoms with E-state index in [4.69, 9.17) is 4.42 Å². The van der Waals surface area contributed by atoms with Crippen LogP contribution in [0.5, 0.6) is 0 Å². The molecule has 1 aliphatic carbocycles. The molecule has 2 heterocycles. The molecule has 10 rings (SSSR count). The van der Waals surface area contributed by atoms with Gasteiger partial charge in [-0.1, -0.05) is 111 Å². The van der Waals surface area contributed by atoms with Crippen molar-refractivity contribution >= 4 is 54.5 Å². The summed E-state index contributed by atoms with van der Waals surface area (Å²) in [7, 11) is 0. The fraction of sp³-hybridized carbons (Fsp3) is 0.0698. The van der Waals surface area contributed by atoms with Gasteiger partial charge in [0.2, 0.25) is 0 Å². The predicted octanol–water partition coefficient (Wildman–Crippen LogP) is 11.8. The van der Waals surface area contributed by atoms with Crippen molar-refractivity contribution in [3.05, 3.63) is 151 Å². The van der Waals surface area contributed by atoms with Crippen molar-refractivity contribution in [2.45, 2.75) is 19.3 Å². The van der Waals surface area contributed by atoms with Crippen molar-refractivity contribution < 1.29 is 4.42 Å². The molecule has 0 radical (unpaired) electrons. The molecular formula is C43H29NO. The summed E-state index contributed by atoms with van der Waals surface area (Å²) in [5, 5.41) is 7.31. The van der Waals surface area contributed by atoms with Gasteiger partial charge in [0.05, 0.1) is 11.0 Å². The van der Waals surface area contributed by atoms with E-state index in [1.165, 1.54) is 65.9 Å². The molecule has 212 valence electrons. The number of fused-ring (bicyclic) bond motifs is 10. The third-order valence-electron chi connectivity index (χ3n) is 10.2. The van der Waals surface area contributed by atoms with Gasteiger partial charge in [-0.05, 0) is 81.1 Å². The van der Waals surface area contributed by atoms with Crippen molar-refractivity contribution in [1.82, 2.24) is 4.57 Å². The molecule has 2 heteroatoms. The Morgan fingerprint density at radius 2 is 1.24 bits per heavy atom. The lowest BCUT2D eigenvalue weighted by Crippen LogP contribution is -2.14. The normalized spacial score (nSPS) is 13.7. The summed E-state index contributed by atoms with van der Waals surface area (Å²) in [6, 6.07) is 50.9. The van der Waals surface area contributed by atoms with E-state index in [0.29, 0.717) is 0 Å². The minimum absolute atomic E-state index is 0.0633. The Labute approximate surface area is 260 Å². The molecule has 0 unspecified atom stereocenters. The van der Waals surface area contributed by atoms with E-state index in [-0.39, 0.29) is 5.41 Å². The third kappa shape index (κ3) is 3.34. The summed E-state index contributed by atoms with van der Waals surface area (Å²) in [5.74, 6) is 0. The average molecular weight is 576 g/mol. The smallest absolute Gasteiger partial charge is 0.143 e. The van der Waals surface area contributed by atoms with Crippen molar-refractivity contribution in [3.63, 3.8) is 0 Å². The minimum Gasteiger partial charge on any atom is -0.455 e. The van der Waals surface area contributed by atoms with E-state index in [1.807, 2.05) is 0 Å². The lowest BCUT2D eigenvalue weighted by molar-refractivity contribution is 0.648. The van der Waals surface area contributed by atoms with Crippen LogP contribution in [0.15, 0.2) is 144 Å². The molecule has 0 aliphatic heterocycles. The maximum absolute atomic E-state index is 6.77. The van der Waals surface area contributed by atoms with Crippen molar-refractivity contribution in [1.29, 1.82) is 0 Å². The zero-order valence-electron chi connectivity index (χ0n) is 25.1. The molecule has 45 heavy (non-hydrogen) atoms. The molecule has 0 spiro atoms. The highest BCUT2D eigenvalue weighted by molar-refractivity contribution is 6.14. The Bertz CT molecular complexity index is 2680. The average Bonchev–Trinajstić information content (AvgIpc) is 3.69. The zero-order valence-corrected chi connectivity index (χ0v) is 25.1. The van der Waals surface area contributed by atoms with E-state index in [2.05, 4.69) is 158 Å². The number of benzene rings is 7. The third-order valence-corrected chi connectivity index (χ3v) is 10.2. The highest BCUT2D eigenvalue weighted by atomic mass is 16.3. The molecule has 7 aromatic carbocycles. The van der Waals surface area contributed by atoms with Gasteiger partial charge < -0.3 is 8.98 Å². The van der Waals surface area contributed by atoms with Crippen molar-refractivity contribution in [2.24, 2.45) is 0 Å². The standard InChI is InChI=1S/C43H29NO/c1-43(2)37-16-7-5-12-31(37)34-24-36-33-15-9-14-30(42(33)45-41(36)25-38(34)43)28-19-21-40-35(23-28)32-13-6-8-17-39(32)44(40)29-20-18-26-10-3-4-11-27(26)22-29/h3-25H,1-2H3. The van der Waals surface area contributed by atoms with E-state index in [1.54, 1.807) is 0 Å². The summed E-state index contributed by atoms with van der Waals surface area (Å²) in [5.41, 5.74) is 13.1. The van der Waals surface area contributed by atoms with Crippen LogP contribution in [0.3, 0.4) is 0 Å². The van der Waals surface area contributed by atoms with Crippen LogP contribution in [0.1, 0.15) is 25.0 Å². The summed E-state index contributed by atoms with van der Waals surface area (Å²) in [6.45, 7) is 4.64. The van der Waals surface area contributed by atoms with Crippen LogP contribution < -0.4 is 0 Å². The molecular weight excluding hydrogens is 546 g/mol. The van der Waals surface area contributed by atoms with Gasteiger partial charge >= 0.3 is 0 Å². The van der Waals surface area contributed by atoms with Crippen LogP contribution in [-0.4, -0.2) is 4.57 Å². The van der Waals surface area contributed by atoms with Crippen LogP contribution >= 0.6 is 0 Å². The first-order valence-electron chi connectivity index (χ1n) is 15.7. The second-order valence-electron chi connectivity index (χ2n) is 13.0. The second-order valence-corrected chi connectivity index (χ2v) is 13.0. The molecule has 9 aromatic rings. The molecule has 0 amide bonds. The summed E-state index contributed by atoms with van der Waals surface area (Å²) >= 11 is 0. The van der Waals surface area contributed by atoms with E-state index in [0.717, 1.165) is 27.7 Å². The number of hydrogen-bond donors (Lipinski definition) is 0. The number of furan rings is 1. The fourth-order valence-electron chi connectivity index (χ4n) is 7.95. The first-order chi connectivity index (χ1) is 22.1. The molecule has 0 saturated heterocycles. The Balaban J connectivity index is 1.19. The van der Waals surface area contributed by atoms with Crippen LogP contribution in [0, 0.1) is 0 Å². The van der Waals surface area contributed by atoms with E-state index >= 15 is 0 Å². The van der Waals surface area contributed by atoms with Crippen molar-refractivity contribution in [3.8, 4) is 27.9 Å². The summed E-state index contributed by atoms with van der Waals surface area (Å²) in [6.07, 6.45) is 0. The zero-order chi connectivity index (χ0) is 29.9. The highest BCUT2D eigenvalue weighted by Crippen LogP contribution is 2.51. The maximum Gasteiger partial charge on any atom is 0.143 e. The van der Waals surface area contributed by atoms with Crippen LogP contribution in [-0.2, 0) is 5.41 Å². The largest absolute Gasteiger partial charge is 0.455 e. The summed E-state index contributed by atoms with van der Waals surface area (Å²) < 4.78 is 9.16. The molecule has 0 fully saturated rings. The monoisotopic (exact) mass is 575 g/mol. The Hall–Kier alpha value is -5.60. The fourth-order valence-corrected chi connectivity index (χ4v) is 7.95. The lowest BCUT2D eigenvalue weighted by atomic mass is 9.82. The maximum atomic E-state index is 6.77. The van der Waals surface area contributed by atoms with Gasteiger partial charge in [-0.25, -0.2) is 0 Å². The van der Waals surface area contributed by atoms with Gasteiger partial charge in [0.1, 0.15) is 11.2 Å². The predicted molar refractivity (Wildman–Crippen MR) is 189 cm³/mol. The van der Waals surface area contributed by atoms with Gasteiger partial charge in [-0.3, -0.25) is 0 Å². The SMILES string of the molecule is CC1(C)c2ccccc2-c2cc3c(cc21)oc1c(-c2ccc4c(c2)c2ccccc2n4-c2ccc4ccccc4c2)cccc13. The summed E-state index contributed by atoms with van der Waals surface area (Å²) in [4.78, 5) is 0. The van der Waals surface area contributed by atoms with Crippen LogP contribution in [0.2, 0.25) is 0 Å². The van der Waals surface area contributed by atoms with Gasteiger partial charge in [-0.2, -0.15) is 0 Å². The number of aromatic nitrogens is 1. The van der Waals surface area contributed by atoms with Gasteiger partial charge in [0, 0.05) is 38.2 Å². The molecule has 2 aromatic heterocycles. The van der Waals surface area contributed by atoms with Crippen LogP contribution in [0.25, 0.3) is 82.5 Å². The topological polar surface area (TPSA) is 18.1 Å². The minimum atomic E-state index is -0.0633. The highest BCUT2D eigenvalue weighted by Gasteiger charge is 2.36. The quantitative estimate of drug-likeness (QED) is 0.200. The molecule has 0 saturated carbocycles. The van der Waals surface area contributed by atoms with E-state index < -0.39 is 0 Å². The molecule has 2 nitrogen and oxygen atoms in total. The number of para-hydroxylation sites is 2. The first-order valence-corrected chi connectivity index (χ1v) is 15.7. The van der Waals surface area contributed by atoms with Crippen molar-refractivity contribution in [2.75, 3.05) is 0 Å². The van der Waals surface area contributed by atoms with Gasteiger partial charge in [0.25, 0.3) is 0 Å². The number of rotatable bonds is 2. The number of hydrogen-bond acceptors (Lipinski definition) is 1. The molecule has 0 atom stereocenters. The molecule has 0 N–H and O–H groups in total. The Morgan fingerprint density at radius 3 is 2.18 bits per heavy atom. The first kappa shape index (κ1) is 24.8. The lowest BCUT2D eigenvalue weighted by Gasteiger charge is -2.21. The molecule has 1 aliphatic rings. The van der Waals surface area contributed by atoms with E-state index in [9.17, 15) is 0 Å². The Morgan fingerprint density at radius 1 is 0.489 bits per heavy atom.